The molecule has 0 saturated carbocycles. The molecule has 2 N–H and O–H groups in total. The Kier molecular flexibility index (Phi) is 3.28. The molecule has 6 heteroatoms. The molecule has 1 aliphatic heterocycles. The molecule has 6 nitrogen and oxygen atoms in total. The van der Waals surface area contributed by atoms with Crippen LogP contribution in [0, 0.1) is 0 Å². The average Bonchev–Trinajstić information content (AvgIpc) is 2.87. The van der Waals surface area contributed by atoms with E-state index in [1.165, 1.54) is 0 Å². The summed E-state index contributed by atoms with van der Waals surface area (Å²) in [5.41, 5.74) is 8.29. The number of fused-ring (bicyclic) bond motifs is 1. The fourth-order valence-electron chi connectivity index (χ4n) is 2.23. The number of hydrogen-bond donors (Lipinski definition) is 1. The Hall–Kier alpha value is -2.50. The third-order valence-corrected chi connectivity index (χ3v) is 3.37. The zero-order chi connectivity index (χ0) is 13.9. The number of nitrogens with two attached hydrogens (primary N) is 1. The first-order valence-electron chi connectivity index (χ1n) is 6.50. The largest absolute Gasteiger partial charge is 0.445 e. The molecule has 3 rings (SSSR count). The van der Waals surface area contributed by atoms with Crippen LogP contribution in [0.1, 0.15) is 11.3 Å². The number of rotatable bonds is 2. The first-order valence-corrected chi connectivity index (χ1v) is 6.50. The van der Waals surface area contributed by atoms with E-state index in [-0.39, 0.29) is 12.7 Å². The lowest BCUT2D eigenvalue weighted by molar-refractivity contribution is 0.0859. The molecule has 0 saturated heterocycles. The molecule has 0 radical (unpaired) electrons. The van der Waals surface area contributed by atoms with E-state index in [1.54, 1.807) is 11.1 Å². The van der Waals surface area contributed by atoms with Gasteiger partial charge in [0.25, 0.3) is 0 Å². The number of amides is 1. The maximum atomic E-state index is 12.0. The van der Waals surface area contributed by atoms with Crippen molar-refractivity contribution in [2.45, 2.75) is 19.7 Å². The SMILES string of the molecule is Nc1cnn2c1CN(C(=O)OCc1ccccc1)CC2. The normalized spacial score (nSPS) is 13.9. The lowest BCUT2D eigenvalue weighted by Gasteiger charge is -2.27. The fourth-order valence-corrected chi connectivity index (χ4v) is 2.23. The van der Waals surface area contributed by atoms with E-state index >= 15 is 0 Å². The summed E-state index contributed by atoms with van der Waals surface area (Å²) in [6, 6.07) is 9.62. The predicted octanol–water partition coefficient (Wildman–Crippen LogP) is 1.62. The van der Waals surface area contributed by atoms with Gasteiger partial charge in [0.1, 0.15) is 6.61 Å². The third-order valence-electron chi connectivity index (χ3n) is 3.37. The highest BCUT2D eigenvalue weighted by Gasteiger charge is 2.24. The summed E-state index contributed by atoms with van der Waals surface area (Å²) < 4.78 is 7.15. The minimum atomic E-state index is -0.319. The summed E-state index contributed by atoms with van der Waals surface area (Å²) in [6.07, 6.45) is 1.30. The molecule has 0 unspecified atom stereocenters. The van der Waals surface area contributed by atoms with Crippen molar-refractivity contribution in [3.63, 3.8) is 0 Å². The van der Waals surface area contributed by atoms with Crippen molar-refractivity contribution in [1.29, 1.82) is 0 Å². The summed E-state index contributed by atoms with van der Waals surface area (Å²) >= 11 is 0. The predicted molar refractivity (Wildman–Crippen MR) is 73.7 cm³/mol. The number of nitrogen functional groups attached to an aromatic ring is 1. The van der Waals surface area contributed by atoms with E-state index in [4.69, 9.17) is 10.5 Å². The Bertz CT molecular complexity index is 609. The molecule has 20 heavy (non-hydrogen) atoms. The van der Waals surface area contributed by atoms with Gasteiger partial charge in [0.2, 0.25) is 0 Å². The van der Waals surface area contributed by atoms with Crippen LogP contribution in [0.2, 0.25) is 0 Å². The maximum Gasteiger partial charge on any atom is 0.410 e. The van der Waals surface area contributed by atoms with Crippen LogP contribution in [0.4, 0.5) is 10.5 Å². The molecule has 0 atom stereocenters. The number of aromatic nitrogens is 2. The number of carbonyl (C=O) groups excluding carboxylic acids is 1. The van der Waals surface area contributed by atoms with Gasteiger partial charge in [0.05, 0.1) is 30.7 Å². The van der Waals surface area contributed by atoms with Gasteiger partial charge in [-0.2, -0.15) is 5.10 Å². The number of hydrogen-bond acceptors (Lipinski definition) is 4. The van der Waals surface area contributed by atoms with Crippen LogP contribution in [-0.4, -0.2) is 27.3 Å². The van der Waals surface area contributed by atoms with Crippen LogP contribution < -0.4 is 5.73 Å². The highest BCUT2D eigenvalue weighted by molar-refractivity contribution is 5.68. The van der Waals surface area contributed by atoms with E-state index in [2.05, 4.69) is 5.10 Å². The first-order chi connectivity index (χ1) is 9.74. The molecule has 0 bridgehead atoms. The van der Waals surface area contributed by atoms with Gasteiger partial charge in [-0.15, -0.1) is 0 Å². The van der Waals surface area contributed by atoms with Gasteiger partial charge in [0, 0.05) is 6.54 Å². The van der Waals surface area contributed by atoms with Gasteiger partial charge < -0.3 is 15.4 Å². The Morgan fingerprint density at radius 1 is 1.30 bits per heavy atom. The Morgan fingerprint density at radius 2 is 2.10 bits per heavy atom. The first kappa shape index (κ1) is 12.5. The smallest absolute Gasteiger partial charge is 0.410 e. The van der Waals surface area contributed by atoms with Crippen molar-refractivity contribution in [2.24, 2.45) is 0 Å². The van der Waals surface area contributed by atoms with Crippen molar-refractivity contribution >= 4 is 11.8 Å². The molecule has 1 aliphatic rings. The summed E-state index contributed by atoms with van der Waals surface area (Å²) in [5.74, 6) is 0. The average molecular weight is 272 g/mol. The van der Waals surface area contributed by atoms with E-state index < -0.39 is 0 Å². The summed E-state index contributed by atoms with van der Waals surface area (Å²) in [6.45, 7) is 1.96. The van der Waals surface area contributed by atoms with Crippen LogP contribution in [0.3, 0.4) is 0 Å². The third kappa shape index (κ3) is 2.45. The Labute approximate surface area is 116 Å². The zero-order valence-electron chi connectivity index (χ0n) is 11.0. The van der Waals surface area contributed by atoms with Crippen LogP contribution >= 0.6 is 0 Å². The highest BCUT2D eigenvalue weighted by Crippen LogP contribution is 2.18. The maximum absolute atomic E-state index is 12.0. The quantitative estimate of drug-likeness (QED) is 0.901. The van der Waals surface area contributed by atoms with Crippen molar-refractivity contribution < 1.29 is 9.53 Å². The second kappa shape index (κ2) is 5.24. The van der Waals surface area contributed by atoms with Crippen molar-refractivity contribution in [1.82, 2.24) is 14.7 Å². The van der Waals surface area contributed by atoms with Crippen LogP contribution in [0.5, 0.6) is 0 Å². The van der Waals surface area contributed by atoms with Gasteiger partial charge in [-0.3, -0.25) is 4.68 Å². The van der Waals surface area contributed by atoms with Crippen LogP contribution in [0.25, 0.3) is 0 Å². The molecule has 1 aromatic heterocycles. The Morgan fingerprint density at radius 3 is 2.90 bits per heavy atom. The number of anilines is 1. The second-order valence-electron chi connectivity index (χ2n) is 4.73. The van der Waals surface area contributed by atoms with Gasteiger partial charge in [-0.05, 0) is 5.56 Å². The Balaban J connectivity index is 1.60. The number of nitrogens with zero attached hydrogens (tertiary/aromatic N) is 3. The summed E-state index contributed by atoms with van der Waals surface area (Å²) in [7, 11) is 0. The molecule has 1 aromatic carbocycles. The van der Waals surface area contributed by atoms with Gasteiger partial charge in [-0.1, -0.05) is 30.3 Å². The van der Waals surface area contributed by atoms with Gasteiger partial charge in [-0.25, -0.2) is 4.79 Å². The second-order valence-corrected chi connectivity index (χ2v) is 4.73. The van der Waals surface area contributed by atoms with E-state index in [0.717, 1.165) is 11.3 Å². The zero-order valence-corrected chi connectivity index (χ0v) is 11.0. The molecular formula is C14H16N4O2. The van der Waals surface area contributed by atoms with E-state index in [0.29, 0.717) is 25.3 Å². The van der Waals surface area contributed by atoms with E-state index in [1.807, 2.05) is 35.0 Å². The van der Waals surface area contributed by atoms with Crippen molar-refractivity contribution in [3.8, 4) is 0 Å². The topological polar surface area (TPSA) is 73.4 Å². The molecule has 104 valence electrons. The lowest BCUT2D eigenvalue weighted by atomic mass is 10.2. The van der Waals surface area contributed by atoms with Crippen molar-refractivity contribution in [3.05, 3.63) is 47.8 Å². The lowest BCUT2D eigenvalue weighted by Crippen LogP contribution is -2.38. The molecule has 2 heterocycles. The molecular weight excluding hydrogens is 256 g/mol. The van der Waals surface area contributed by atoms with Crippen LogP contribution in [-0.2, 0) is 24.4 Å². The van der Waals surface area contributed by atoms with E-state index in [9.17, 15) is 4.79 Å². The number of benzene rings is 1. The molecule has 0 spiro atoms. The minimum Gasteiger partial charge on any atom is -0.445 e. The monoisotopic (exact) mass is 272 g/mol. The molecule has 2 aromatic rings. The summed E-state index contributed by atoms with van der Waals surface area (Å²) in [4.78, 5) is 13.7. The number of ether oxygens (including phenoxy) is 1. The summed E-state index contributed by atoms with van der Waals surface area (Å²) in [5, 5.41) is 4.16. The highest BCUT2D eigenvalue weighted by atomic mass is 16.6. The molecule has 0 fully saturated rings. The minimum absolute atomic E-state index is 0.283. The molecule has 0 aliphatic carbocycles. The van der Waals surface area contributed by atoms with Crippen molar-refractivity contribution in [2.75, 3.05) is 12.3 Å². The fraction of sp³-hybridized carbons (Fsp3) is 0.286. The molecule has 1 amide bonds. The van der Waals surface area contributed by atoms with Crippen LogP contribution in [0.15, 0.2) is 36.5 Å². The standard InChI is InChI=1S/C14H16N4O2/c15-12-8-16-18-7-6-17(9-13(12)18)14(19)20-10-11-4-2-1-3-5-11/h1-5,8H,6-7,9-10,15H2. The number of carbonyl (C=O) groups is 1. The van der Waals surface area contributed by atoms with Gasteiger partial charge >= 0.3 is 6.09 Å². The van der Waals surface area contributed by atoms with Gasteiger partial charge in [0.15, 0.2) is 0 Å².